The van der Waals surface area contributed by atoms with Crippen LogP contribution in [0, 0.1) is 0 Å². The van der Waals surface area contributed by atoms with Gasteiger partial charge in [-0.3, -0.25) is 0 Å². The van der Waals surface area contributed by atoms with Gasteiger partial charge in [-0.2, -0.15) is 0 Å². The molecule has 0 unspecified atom stereocenters. The Kier molecular flexibility index (Phi) is 2.78. The van der Waals surface area contributed by atoms with Crippen molar-refractivity contribution in [2.75, 3.05) is 0 Å². The average Bonchev–Trinajstić information content (AvgIpc) is 1.97. The number of hydrogen-bond donors (Lipinski definition) is 0. The van der Waals surface area contributed by atoms with Gasteiger partial charge in [-0.25, -0.2) is 0 Å². The van der Waals surface area contributed by atoms with E-state index in [2.05, 4.69) is 0 Å². The molecule has 0 aromatic rings. The Morgan fingerprint density at radius 2 is 1.50 bits per heavy atom. The minimum absolute atomic E-state index is 0.856. The van der Waals surface area contributed by atoms with Gasteiger partial charge in [-0.05, 0) is 0 Å². The maximum absolute atomic E-state index is 6.07. The molecule has 0 saturated heterocycles. The van der Waals surface area contributed by atoms with Crippen LogP contribution < -0.4 is 0 Å². The Morgan fingerprint density at radius 1 is 1.00 bits per heavy atom. The molecule has 0 aromatic carbocycles. The molecule has 0 saturated carbocycles. The Balaban J connectivity index is 3.20. The van der Waals surface area contributed by atoms with Gasteiger partial charge < -0.3 is 0 Å². The molecule has 0 amide bonds. The van der Waals surface area contributed by atoms with Gasteiger partial charge in [-0.1, -0.05) is 0 Å². The van der Waals surface area contributed by atoms with E-state index in [1.54, 1.807) is 0 Å². The molecule has 0 spiro atoms. The molecule has 0 aliphatic carbocycles. The Hall–Kier alpha value is 0.290. The van der Waals surface area contributed by atoms with E-state index < -0.39 is 6.19 Å². The van der Waals surface area contributed by atoms with Gasteiger partial charge in [0.2, 0.25) is 0 Å². The molecule has 0 fully saturated rings. The molecule has 70 valence electrons. The molecular formula is C8H13Cl2OP. The van der Waals surface area contributed by atoms with Crippen LogP contribution in [0.15, 0.2) is 22.2 Å². The van der Waals surface area contributed by atoms with E-state index in [1.807, 2.05) is 27.7 Å². The summed E-state index contributed by atoms with van der Waals surface area (Å²) in [6, 6.07) is 0. The summed E-state index contributed by atoms with van der Waals surface area (Å²) in [7, 11) is 0. The summed E-state index contributed by atoms with van der Waals surface area (Å²) in [6.07, 6.45) is -2.60. The van der Waals surface area contributed by atoms with Crippen LogP contribution in [0.25, 0.3) is 0 Å². The van der Waals surface area contributed by atoms with E-state index in [1.165, 1.54) is 5.57 Å². The monoisotopic (exact) mass is 226 g/mol. The third kappa shape index (κ3) is 1.64. The van der Waals surface area contributed by atoms with Crippen molar-refractivity contribution in [3.8, 4) is 0 Å². The van der Waals surface area contributed by atoms with Crippen LogP contribution in [0.1, 0.15) is 27.7 Å². The van der Waals surface area contributed by atoms with E-state index >= 15 is 0 Å². The molecule has 1 heterocycles. The molecule has 0 aromatic heterocycles. The minimum atomic E-state index is -2.60. The third-order valence-electron chi connectivity index (χ3n) is 2.37. The predicted molar refractivity (Wildman–Crippen MR) is 57.9 cm³/mol. The van der Waals surface area contributed by atoms with E-state index in [-0.39, 0.29) is 0 Å². The fraction of sp³-hybridized carbons (Fsp3) is 0.500. The van der Waals surface area contributed by atoms with Crippen LogP contribution in [0.3, 0.4) is 0 Å². The van der Waals surface area contributed by atoms with E-state index in [9.17, 15) is 0 Å². The van der Waals surface area contributed by atoms with Crippen molar-refractivity contribution in [2.45, 2.75) is 27.7 Å². The number of halogens is 2. The van der Waals surface area contributed by atoms with Gasteiger partial charge in [0.15, 0.2) is 0 Å². The molecule has 0 radical (unpaired) electrons. The van der Waals surface area contributed by atoms with Crippen molar-refractivity contribution in [1.29, 1.82) is 0 Å². The first-order valence-electron chi connectivity index (χ1n) is 3.79. The van der Waals surface area contributed by atoms with Crippen molar-refractivity contribution < 1.29 is 4.52 Å². The zero-order valence-electron chi connectivity index (χ0n) is 7.66. The summed E-state index contributed by atoms with van der Waals surface area (Å²) in [5.41, 5.74) is 2.33. The fourth-order valence-corrected chi connectivity index (χ4v) is 3.97. The van der Waals surface area contributed by atoms with Gasteiger partial charge in [-0.15, -0.1) is 0 Å². The molecule has 0 N–H and O–H groups in total. The number of allylic oxidation sites excluding steroid dienone is 4. The van der Waals surface area contributed by atoms with Crippen molar-refractivity contribution in [1.82, 2.24) is 0 Å². The summed E-state index contributed by atoms with van der Waals surface area (Å²) < 4.78 is 5.46. The quantitative estimate of drug-likeness (QED) is 0.550. The average molecular weight is 227 g/mol. The predicted octanol–water partition coefficient (Wildman–Crippen LogP) is 4.58. The molecule has 1 aliphatic rings. The molecule has 4 heteroatoms. The van der Waals surface area contributed by atoms with Crippen LogP contribution in [-0.4, -0.2) is 0 Å². The van der Waals surface area contributed by atoms with Crippen molar-refractivity contribution in [2.24, 2.45) is 0 Å². The first-order chi connectivity index (χ1) is 5.36. The number of rotatable bonds is 0. The fourth-order valence-electron chi connectivity index (χ4n) is 1.11. The van der Waals surface area contributed by atoms with E-state index in [0.717, 1.165) is 16.6 Å². The van der Waals surface area contributed by atoms with Gasteiger partial charge in [0.25, 0.3) is 0 Å². The van der Waals surface area contributed by atoms with Gasteiger partial charge in [0.1, 0.15) is 0 Å². The molecule has 1 nitrogen and oxygen atoms in total. The van der Waals surface area contributed by atoms with E-state index in [4.69, 9.17) is 27.0 Å². The van der Waals surface area contributed by atoms with Crippen LogP contribution in [0.4, 0.5) is 0 Å². The molecule has 0 bridgehead atoms. The van der Waals surface area contributed by atoms with Gasteiger partial charge in [0, 0.05) is 0 Å². The Morgan fingerprint density at radius 3 is 2.00 bits per heavy atom. The van der Waals surface area contributed by atoms with Gasteiger partial charge in [0.05, 0.1) is 0 Å². The molecule has 1 rings (SSSR count). The summed E-state index contributed by atoms with van der Waals surface area (Å²) in [6.45, 7) is 7.89. The normalized spacial score (nSPS) is 25.5. The number of hydrogen-bond acceptors (Lipinski definition) is 1. The third-order valence-corrected chi connectivity index (χ3v) is 6.35. The summed E-state index contributed by atoms with van der Waals surface area (Å²) in [5, 5.41) is 1.01. The first-order valence-corrected chi connectivity index (χ1v) is 7.72. The van der Waals surface area contributed by atoms with Crippen LogP contribution in [-0.2, 0) is 4.52 Å². The summed E-state index contributed by atoms with van der Waals surface area (Å²) in [5.74, 6) is 0.856. The molecule has 1 aliphatic heterocycles. The molecule has 0 atom stereocenters. The van der Waals surface area contributed by atoms with Crippen LogP contribution >= 0.6 is 28.7 Å². The zero-order chi connectivity index (χ0) is 9.52. The Labute approximate surface area is 83.4 Å². The van der Waals surface area contributed by atoms with Gasteiger partial charge >= 0.3 is 83.1 Å². The molecule has 12 heavy (non-hydrogen) atoms. The van der Waals surface area contributed by atoms with Crippen molar-refractivity contribution in [3.05, 3.63) is 22.2 Å². The second-order valence-electron chi connectivity index (χ2n) is 3.05. The summed E-state index contributed by atoms with van der Waals surface area (Å²) in [4.78, 5) is 0. The molecular weight excluding hydrogens is 214 g/mol. The van der Waals surface area contributed by atoms with Crippen molar-refractivity contribution in [3.63, 3.8) is 0 Å². The topological polar surface area (TPSA) is 9.23 Å². The summed E-state index contributed by atoms with van der Waals surface area (Å²) >= 11 is 12.1. The van der Waals surface area contributed by atoms with Crippen LogP contribution in [0.5, 0.6) is 0 Å². The van der Waals surface area contributed by atoms with Crippen LogP contribution in [0.2, 0.25) is 0 Å². The zero-order valence-corrected chi connectivity index (χ0v) is 10.2. The van der Waals surface area contributed by atoms with E-state index in [0.29, 0.717) is 0 Å². The standard InChI is InChI=1S/C8H13Cl2OP/c1-5-6(2)8(4)12(9,10)11-7(5)3/h12H,1-4H3. The Bertz CT molecular complexity index is 279. The van der Waals surface area contributed by atoms with Crippen molar-refractivity contribution >= 4 is 28.7 Å². The SMILES string of the molecule is CC1=C(C)C(C)=C(C)[PH](Cl)(Cl)O1. The maximum atomic E-state index is 6.07. The second-order valence-corrected chi connectivity index (χ2v) is 8.81. The first kappa shape index (κ1) is 10.4. The second kappa shape index (κ2) is 3.21.